The summed E-state index contributed by atoms with van der Waals surface area (Å²) in [6.45, 7) is 6.00. The highest BCUT2D eigenvalue weighted by Gasteiger charge is 2.15. The van der Waals surface area contributed by atoms with Crippen molar-refractivity contribution in [1.82, 2.24) is 4.98 Å². The molecule has 1 amide bonds. The van der Waals surface area contributed by atoms with Crippen molar-refractivity contribution in [2.24, 2.45) is 0 Å². The van der Waals surface area contributed by atoms with Gasteiger partial charge in [0.2, 0.25) is 0 Å². The Kier molecular flexibility index (Phi) is 7.46. The number of carbonyl (C=O) groups excluding carboxylic acids is 1. The molecule has 0 aliphatic carbocycles. The summed E-state index contributed by atoms with van der Waals surface area (Å²) in [6, 6.07) is 17.4. The maximum atomic E-state index is 12.5. The third-order valence-corrected chi connectivity index (χ3v) is 6.73. The number of anilines is 1. The van der Waals surface area contributed by atoms with Crippen LogP contribution in [-0.4, -0.2) is 24.4 Å². The SMILES string of the molecule is COc1cc2nccc(Oc3ccc(NC(=O)SCc4ccc(C)cc4)c(C)c3C)c2cc1OC. The average molecular weight is 489 g/mol. The quantitative estimate of drug-likeness (QED) is 0.292. The second kappa shape index (κ2) is 10.7. The van der Waals surface area contributed by atoms with E-state index in [-0.39, 0.29) is 5.24 Å². The number of amides is 1. The van der Waals surface area contributed by atoms with Crippen LogP contribution in [0.4, 0.5) is 10.5 Å². The third-order valence-electron chi connectivity index (χ3n) is 5.89. The second-order valence-electron chi connectivity index (χ2n) is 8.18. The van der Waals surface area contributed by atoms with Gasteiger partial charge in [-0.3, -0.25) is 9.78 Å². The lowest BCUT2D eigenvalue weighted by Gasteiger charge is -2.16. The second-order valence-corrected chi connectivity index (χ2v) is 9.13. The third kappa shape index (κ3) is 5.52. The molecule has 0 saturated heterocycles. The van der Waals surface area contributed by atoms with E-state index in [0.29, 0.717) is 28.8 Å². The zero-order valence-electron chi connectivity index (χ0n) is 20.5. The molecule has 0 spiro atoms. The Morgan fingerprint density at radius 3 is 2.29 bits per heavy atom. The van der Waals surface area contributed by atoms with Crippen molar-refractivity contribution in [1.29, 1.82) is 0 Å². The highest BCUT2D eigenvalue weighted by Crippen LogP contribution is 2.38. The van der Waals surface area contributed by atoms with Crippen LogP contribution in [0.5, 0.6) is 23.0 Å². The lowest BCUT2D eigenvalue weighted by molar-refractivity contribution is 0.269. The number of aryl methyl sites for hydroxylation is 1. The molecule has 0 bridgehead atoms. The summed E-state index contributed by atoms with van der Waals surface area (Å²) in [7, 11) is 3.19. The van der Waals surface area contributed by atoms with Crippen LogP contribution < -0.4 is 19.5 Å². The number of carbonyl (C=O) groups is 1. The Hall–Kier alpha value is -3.71. The number of aromatic nitrogens is 1. The van der Waals surface area contributed by atoms with Crippen LogP contribution >= 0.6 is 11.8 Å². The molecule has 3 aromatic carbocycles. The average Bonchev–Trinajstić information content (AvgIpc) is 2.87. The van der Waals surface area contributed by atoms with Crippen LogP contribution in [0.3, 0.4) is 0 Å². The Morgan fingerprint density at radius 1 is 0.857 bits per heavy atom. The van der Waals surface area contributed by atoms with Gasteiger partial charge in [0.1, 0.15) is 11.5 Å². The largest absolute Gasteiger partial charge is 0.493 e. The predicted octanol–water partition coefficient (Wildman–Crippen LogP) is 7.43. The van der Waals surface area contributed by atoms with Crippen LogP contribution in [0.15, 0.2) is 60.8 Å². The molecule has 0 aliphatic heterocycles. The van der Waals surface area contributed by atoms with Gasteiger partial charge in [0.05, 0.1) is 19.7 Å². The highest BCUT2D eigenvalue weighted by atomic mass is 32.2. The standard InChI is InChI=1S/C28H28N2O4S/c1-17-6-8-20(9-7-17)16-35-28(31)30-22-10-11-24(19(3)18(22)2)34-25-12-13-29-23-15-27(33-5)26(32-4)14-21(23)25/h6-15H,16H2,1-5H3,(H,30,31). The van der Waals surface area contributed by atoms with Gasteiger partial charge in [-0.05, 0) is 61.7 Å². The van der Waals surface area contributed by atoms with Gasteiger partial charge in [-0.1, -0.05) is 41.6 Å². The number of benzene rings is 3. The molecule has 1 aromatic heterocycles. The Bertz CT molecular complexity index is 1370. The predicted molar refractivity (Wildman–Crippen MR) is 142 cm³/mol. The van der Waals surface area contributed by atoms with E-state index in [1.807, 2.05) is 63.2 Å². The van der Waals surface area contributed by atoms with Crippen molar-refractivity contribution in [3.8, 4) is 23.0 Å². The van der Waals surface area contributed by atoms with Crippen LogP contribution in [-0.2, 0) is 5.75 Å². The zero-order valence-corrected chi connectivity index (χ0v) is 21.3. The summed E-state index contributed by atoms with van der Waals surface area (Å²) >= 11 is 1.25. The van der Waals surface area contributed by atoms with Gasteiger partial charge in [0, 0.05) is 29.1 Å². The molecule has 4 aromatic rings. The monoisotopic (exact) mass is 488 g/mol. The van der Waals surface area contributed by atoms with E-state index in [0.717, 1.165) is 33.3 Å². The highest BCUT2D eigenvalue weighted by molar-refractivity contribution is 8.13. The van der Waals surface area contributed by atoms with Gasteiger partial charge in [-0.25, -0.2) is 0 Å². The minimum Gasteiger partial charge on any atom is -0.493 e. The Balaban J connectivity index is 1.51. The fourth-order valence-corrected chi connectivity index (χ4v) is 4.35. The van der Waals surface area contributed by atoms with Crippen LogP contribution in [0.2, 0.25) is 0 Å². The molecule has 1 heterocycles. The first-order valence-corrected chi connectivity index (χ1v) is 12.2. The number of pyridine rings is 1. The molecule has 180 valence electrons. The topological polar surface area (TPSA) is 69.7 Å². The van der Waals surface area contributed by atoms with E-state index < -0.39 is 0 Å². The number of rotatable bonds is 7. The number of methoxy groups -OCH3 is 2. The molecule has 35 heavy (non-hydrogen) atoms. The van der Waals surface area contributed by atoms with Crippen molar-refractivity contribution >= 4 is 33.6 Å². The van der Waals surface area contributed by atoms with Crippen molar-refractivity contribution < 1.29 is 19.0 Å². The molecular weight excluding hydrogens is 460 g/mol. The van der Waals surface area contributed by atoms with E-state index in [4.69, 9.17) is 14.2 Å². The number of hydrogen-bond donors (Lipinski definition) is 1. The molecule has 0 radical (unpaired) electrons. The summed E-state index contributed by atoms with van der Waals surface area (Å²) < 4.78 is 17.1. The molecule has 6 nitrogen and oxygen atoms in total. The smallest absolute Gasteiger partial charge is 0.283 e. The van der Waals surface area contributed by atoms with Gasteiger partial charge < -0.3 is 19.5 Å². The minimum atomic E-state index is -0.0945. The van der Waals surface area contributed by atoms with Gasteiger partial charge in [-0.2, -0.15) is 0 Å². The summed E-state index contributed by atoms with van der Waals surface area (Å²) in [5, 5.41) is 3.73. The van der Waals surface area contributed by atoms with E-state index in [9.17, 15) is 4.79 Å². The minimum absolute atomic E-state index is 0.0945. The molecule has 0 fully saturated rings. The van der Waals surface area contributed by atoms with E-state index >= 15 is 0 Å². The number of fused-ring (bicyclic) bond motifs is 1. The van der Waals surface area contributed by atoms with Gasteiger partial charge in [-0.15, -0.1) is 0 Å². The number of hydrogen-bond acceptors (Lipinski definition) is 6. The Morgan fingerprint density at radius 2 is 1.57 bits per heavy atom. The molecule has 1 N–H and O–H groups in total. The van der Waals surface area contributed by atoms with Crippen molar-refractivity contribution in [3.63, 3.8) is 0 Å². The van der Waals surface area contributed by atoms with E-state index in [1.54, 1.807) is 20.4 Å². The molecule has 0 saturated carbocycles. The first kappa shape index (κ1) is 24.4. The van der Waals surface area contributed by atoms with Gasteiger partial charge in [0.15, 0.2) is 11.5 Å². The van der Waals surface area contributed by atoms with Crippen LogP contribution in [0.1, 0.15) is 22.3 Å². The maximum absolute atomic E-state index is 12.5. The van der Waals surface area contributed by atoms with Crippen molar-refractivity contribution in [2.45, 2.75) is 26.5 Å². The molecule has 0 atom stereocenters. The number of nitrogens with zero attached hydrogens (tertiary/aromatic N) is 1. The Labute approximate surface area is 209 Å². The zero-order chi connectivity index (χ0) is 24.9. The normalized spacial score (nSPS) is 10.8. The molecule has 4 rings (SSSR count). The molecule has 7 heteroatoms. The molecule has 0 aliphatic rings. The van der Waals surface area contributed by atoms with E-state index in [1.165, 1.54) is 17.3 Å². The molecular formula is C28H28N2O4S. The van der Waals surface area contributed by atoms with E-state index in [2.05, 4.69) is 22.4 Å². The fraction of sp³-hybridized carbons (Fsp3) is 0.214. The van der Waals surface area contributed by atoms with Crippen molar-refractivity contribution in [3.05, 3.63) is 83.0 Å². The summed E-state index contributed by atoms with van der Waals surface area (Å²) in [6.07, 6.45) is 1.70. The first-order valence-electron chi connectivity index (χ1n) is 11.2. The van der Waals surface area contributed by atoms with Crippen LogP contribution in [0.25, 0.3) is 10.9 Å². The fourth-order valence-electron chi connectivity index (χ4n) is 3.68. The summed E-state index contributed by atoms with van der Waals surface area (Å²) in [5.41, 5.74) is 5.72. The van der Waals surface area contributed by atoms with Crippen molar-refractivity contribution in [2.75, 3.05) is 19.5 Å². The number of thioether (sulfide) groups is 1. The number of nitrogens with one attached hydrogen (secondary N) is 1. The first-order chi connectivity index (χ1) is 16.9. The lowest BCUT2D eigenvalue weighted by Crippen LogP contribution is -2.07. The van der Waals surface area contributed by atoms with Crippen LogP contribution in [0, 0.1) is 20.8 Å². The number of ether oxygens (including phenoxy) is 3. The summed E-state index contributed by atoms with van der Waals surface area (Å²) in [5.74, 6) is 3.19. The lowest BCUT2D eigenvalue weighted by atomic mass is 10.1. The van der Waals surface area contributed by atoms with Gasteiger partial charge in [0.25, 0.3) is 5.24 Å². The maximum Gasteiger partial charge on any atom is 0.283 e. The van der Waals surface area contributed by atoms with Gasteiger partial charge >= 0.3 is 0 Å². The molecule has 0 unspecified atom stereocenters. The summed E-state index contributed by atoms with van der Waals surface area (Å²) in [4.78, 5) is 17.0.